The highest BCUT2D eigenvalue weighted by molar-refractivity contribution is 7.86. The minimum Gasteiger partial charge on any atom is -0.268 e. The van der Waals surface area contributed by atoms with Crippen LogP contribution in [0.4, 0.5) is 0 Å². The molecule has 0 amide bonds. The third-order valence-electron chi connectivity index (χ3n) is 3.79. The molecule has 0 unspecified atom stereocenters. The van der Waals surface area contributed by atoms with E-state index in [1.165, 1.54) is 27.6 Å². The highest BCUT2D eigenvalue weighted by atomic mass is 32.2. The minimum atomic E-state index is -3.83. The van der Waals surface area contributed by atoms with E-state index in [2.05, 4.69) is 4.98 Å². The monoisotopic (exact) mass is 378 g/mol. The van der Waals surface area contributed by atoms with Crippen LogP contribution in [0.5, 0.6) is 0 Å². The number of hydrogen-bond donors (Lipinski definition) is 0. The predicted octanol–water partition coefficient (Wildman–Crippen LogP) is 2.79. The molecule has 0 saturated heterocycles. The Labute approximate surface area is 150 Å². The van der Waals surface area contributed by atoms with Crippen LogP contribution in [-0.2, 0) is 20.8 Å². The fraction of sp³-hybridized carbons (Fsp3) is 0.294. The highest BCUT2D eigenvalue weighted by Gasteiger charge is 2.16. The van der Waals surface area contributed by atoms with Gasteiger partial charge in [0.1, 0.15) is 4.83 Å². The van der Waals surface area contributed by atoms with Gasteiger partial charge in [0.25, 0.3) is 15.7 Å². The lowest BCUT2D eigenvalue weighted by Crippen LogP contribution is -2.18. The molecule has 0 aliphatic heterocycles. The van der Waals surface area contributed by atoms with E-state index >= 15 is 0 Å². The number of hydrogen-bond acceptors (Lipinski definition) is 6. The lowest BCUT2D eigenvalue weighted by molar-refractivity contribution is 0.304. The molecule has 0 fully saturated rings. The number of aryl methyl sites for hydroxylation is 3. The van der Waals surface area contributed by atoms with E-state index in [-0.39, 0.29) is 23.6 Å². The standard InChI is InChI=1S/C17H18N2O4S2/c1-11-4-6-14(7-5-11)25(21,22)23-9-8-19-17(20)15-12(2)10-13(3)18-16(15)24-19/h4-7,10H,8-9H2,1-3H3. The molecule has 0 bridgehead atoms. The van der Waals surface area contributed by atoms with Crippen LogP contribution in [-0.4, -0.2) is 24.0 Å². The Balaban J connectivity index is 1.77. The Morgan fingerprint density at radius 3 is 2.52 bits per heavy atom. The van der Waals surface area contributed by atoms with E-state index in [9.17, 15) is 13.2 Å². The molecule has 0 aliphatic carbocycles. The minimum absolute atomic E-state index is 0.106. The van der Waals surface area contributed by atoms with Crippen molar-refractivity contribution in [2.24, 2.45) is 0 Å². The highest BCUT2D eigenvalue weighted by Crippen LogP contribution is 2.19. The van der Waals surface area contributed by atoms with E-state index in [0.29, 0.717) is 10.2 Å². The molecule has 0 atom stereocenters. The summed E-state index contributed by atoms with van der Waals surface area (Å²) in [5, 5.41) is 0.581. The van der Waals surface area contributed by atoms with Crippen molar-refractivity contribution >= 4 is 31.9 Å². The number of nitrogens with zero attached hydrogens (tertiary/aromatic N) is 2. The topological polar surface area (TPSA) is 78.3 Å². The second-order valence-corrected chi connectivity index (χ2v) is 8.47. The molecule has 3 aromatic rings. The third-order valence-corrected chi connectivity index (χ3v) is 6.15. The van der Waals surface area contributed by atoms with Crippen molar-refractivity contribution in [1.82, 2.24) is 8.94 Å². The summed E-state index contributed by atoms with van der Waals surface area (Å²) in [6, 6.07) is 8.30. The molecule has 2 heterocycles. The molecule has 0 spiro atoms. The molecule has 6 nitrogen and oxygen atoms in total. The molecule has 0 aliphatic rings. The van der Waals surface area contributed by atoms with Crippen LogP contribution in [0.3, 0.4) is 0 Å². The van der Waals surface area contributed by atoms with Gasteiger partial charge >= 0.3 is 0 Å². The molecule has 0 saturated carbocycles. The van der Waals surface area contributed by atoms with Crippen LogP contribution >= 0.6 is 11.5 Å². The number of rotatable bonds is 5. The van der Waals surface area contributed by atoms with Crippen LogP contribution in [0.15, 0.2) is 40.0 Å². The molecule has 1 aromatic carbocycles. The summed E-state index contributed by atoms with van der Waals surface area (Å²) < 4.78 is 30.9. The number of pyridine rings is 1. The van der Waals surface area contributed by atoms with E-state index < -0.39 is 10.1 Å². The number of benzene rings is 1. The SMILES string of the molecule is Cc1ccc(S(=O)(=O)OCCn2sc3nc(C)cc(C)c3c2=O)cc1. The van der Waals surface area contributed by atoms with Gasteiger partial charge in [0.2, 0.25) is 0 Å². The van der Waals surface area contributed by atoms with Crippen molar-refractivity contribution in [3.63, 3.8) is 0 Å². The molecular weight excluding hydrogens is 360 g/mol. The number of aromatic nitrogens is 2. The Hall–Kier alpha value is -2.03. The first-order valence-electron chi connectivity index (χ1n) is 7.72. The largest absolute Gasteiger partial charge is 0.297 e. The van der Waals surface area contributed by atoms with Crippen molar-refractivity contribution in [3.8, 4) is 0 Å². The van der Waals surface area contributed by atoms with E-state index in [1.807, 2.05) is 26.8 Å². The van der Waals surface area contributed by atoms with Gasteiger partial charge in [-0.25, -0.2) is 4.98 Å². The Bertz CT molecular complexity index is 1080. The van der Waals surface area contributed by atoms with Gasteiger partial charge in [-0.05, 0) is 56.1 Å². The van der Waals surface area contributed by atoms with E-state index in [1.54, 1.807) is 12.1 Å². The molecule has 25 heavy (non-hydrogen) atoms. The van der Waals surface area contributed by atoms with Crippen molar-refractivity contribution < 1.29 is 12.6 Å². The molecule has 0 N–H and O–H groups in total. The third kappa shape index (κ3) is 3.65. The molecule has 2 aromatic heterocycles. The van der Waals surface area contributed by atoms with Crippen LogP contribution in [0.2, 0.25) is 0 Å². The molecule has 132 valence electrons. The Morgan fingerprint density at radius 1 is 1.16 bits per heavy atom. The zero-order valence-electron chi connectivity index (χ0n) is 14.1. The van der Waals surface area contributed by atoms with Gasteiger partial charge in [-0.1, -0.05) is 17.7 Å². The van der Waals surface area contributed by atoms with Crippen LogP contribution < -0.4 is 5.56 Å². The van der Waals surface area contributed by atoms with Gasteiger partial charge in [0.05, 0.1) is 23.4 Å². The smallest absolute Gasteiger partial charge is 0.268 e. The van der Waals surface area contributed by atoms with Crippen molar-refractivity contribution in [2.75, 3.05) is 6.61 Å². The van der Waals surface area contributed by atoms with Gasteiger partial charge in [0.15, 0.2) is 0 Å². The second kappa shape index (κ2) is 6.70. The average molecular weight is 378 g/mol. The second-order valence-electron chi connectivity index (χ2n) is 5.85. The predicted molar refractivity (Wildman–Crippen MR) is 97.7 cm³/mol. The van der Waals surface area contributed by atoms with Gasteiger partial charge in [-0.15, -0.1) is 0 Å². The Morgan fingerprint density at radius 2 is 1.84 bits per heavy atom. The lowest BCUT2D eigenvalue weighted by Gasteiger charge is -2.06. The molecule has 8 heteroatoms. The van der Waals surface area contributed by atoms with Crippen LogP contribution in [0.25, 0.3) is 10.2 Å². The summed E-state index contributed by atoms with van der Waals surface area (Å²) in [5.74, 6) is 0. The average Bonchev–Trinajstić information content (AvgIpc) is 2.83. The summed E-state index contributed by atoms with van der Waals surface area (Å²) in [6.45, 7) is 5.67. The lowest BCUT2D eigenvalue weighted by atomic mass is 10.2. The van der Waals surface area contributed by atoms with Crippen molar-refractivity contribution in [3.05, 3.63) is 57.5 Å². The first-order valence-corrected chi connectivity index (χ1v) is 9.90. The molecule has 3 rings (SSSR count). The van der Waals surface area contributed by atoms with Crippen molar-refractivity contribution in [1.29, 1.82) is 0 Å². The Kier molecular flexibility index (Phi) is 4.77. The summed E-state index contributed by atoms with van der Waals surface area (Å²) in [6.07, 6.45) is 0. The van der Waals surface area contributed by atoms with Crippen LogP contribution in [0.1, 0.15) is 16.8 Å². The van der Waals surface area contributed by atoms with Gasteiger partial charge < -0.3 is 0 Å². The van der Waals surface area contributed by atoms with E-state index in [0.717, 1.165) is 16.8 Å². The normalized spacial score (nSPS) is 12.0. The summed E-state index contributed by atoms with van der Waals surface area (Å²) >= 11 is 1.22. The summed E-state index contributed by atoms with van der Waals surface area (Å²) in [7, 11) is -3.83. The maximum Gasteiger partial charge on any atom is 0.297 e. The maximum atomic E-state index is 12.5. The molecular formula is C17H18N2O4S2. The summed E-state index contributed by atoms with van der Waals surface area (Å²) in [5.41, 5.74) is 2.52. The van der Waals surface area contributed by atoms with E-state index in [4.69, 9.17) is 4.18 Å². The zero-order valence-corrected chi connectivity index (χ0v) is 15.8. The first-order chi connectivity index (χ1) is 11.8. The zero-order chi connectivity index (χ0) is 18.2. The quantitative estimate of drug-likeness (QED) is 0.638. The summed E-state index contributed by atoms with van der Waals surface area (Å²) in [4.78, 5) is 17.6. The van der Waals surface area contributed by atoms with Gasteiger partial charge in [-0.2, -0.15) is 8.42 Å². The maximum absolute atomic E-state index is 12.5. The fourth-order valence-electron chi connectivity index (χ4n) is 2.55. The van der Waals surface area contributed by atoms with Crippen LogP contribution in [0, 0.1) is 20.8 Å². The van der Waals surface area contributed by atoms with Gasteiger partial charge in [0, 0.05) is 5.69 Å². The van der Waals surface area contributed by atoms with Crippen molar-refractivity contribution in [2.45, 2.75) is 32.2 Å². The molecule has 0 radical (unpaired) electrons. The fourth-order valence-corrected chi connectivity index (χ4v) is 4.52. The first kappa shape index (κ1) is 17.8. The number of fused-ring (bicyclic) bond motifs is 1. The van der Waals surface area contributed by atoms with Gasteiger partial charge in [-0.3, -0.25) is 12.9 Å².